The van der Waals surface area contributed by atoms with Gasteiger partial charge in [-0.25, -0.2) is 9.18 Å². The molecule has 0 N–H and O–H groups in total. The summed E-state index contributed by atoms with van der Waals surface area (Å²) in [4.78, 5) is 29.1. The second kappa shape index (κ2) is 7.87. The Kier molecular flexibility index (Phi) is 5.72. The zero-order valence-electron chi connectivity index (χ0n) is 16.4. The lowest BCUT2D eigenvalue weighted by molar-refractivity contribution is -0.138. The molecule has 148 valence electrons. The molecule has 6 heteroatoms. The molecule has 5 nitrogen and oxygen atoms in total. The second-order valence-corrected chi connectivity index (χ2v) is 8.59. The van der Waals surface area contributed by atoms with Gasteiger partial charge in [0.1, 0.15) is 11.4 Å². The van der Waals surface area contributed by atoms with E-state index in [1.807, 2.05) is 31.7 Å². The third kappa shape index (κ3) is 5.44. The standard InChI is InChI=1S/C21H29FN2O3/c1-21(2,3)27-20(26)23-11-5-7-16(14-23)19(25)24(18-9-10-18)13-15-6-4-8-17(22)12-15/h4,6,8,12,16,18H,5,7,9-11,13-14H2,1-3H3. The van der Waals surface area contributed by atoms with Crippen LogP contribution in [-0.4, -0.2) is 46.5 Å². The summed E-state index contributed by atoms with van der Waals surface area (Å²) in [6.45, 7) is 6.94. The van der Waals surface area contributed by atoms with Crippen LogP contribution in [0.5, 0.6) is 0 Å². The Bertz CT molecular complexity index is 697. The van der Waals surface area contributed by atoms with Crippen molar-refractivity contribution in [2.45, 2.75) is 64.6 Å². The van der Waals surface area contributed by atoms with Crippen LogP contribution < -0.4 is 0 Å². The van der Waals surface area contributed by atoms with E-state index < -0.39 is 5.60 Å². The van der Waals surface area contributed by atoms with E-state index in [1.54, 1.807) is 11.0 Å². The Balaban J connectivity index is 1.66. The number of nitrogens with zero attached hydrogens (tertiary/aromatic N) is 2. The van der Waals surface area contributed by atoms with E-state index in [-0.39, 0.29) is 29.8 Å². The fourth-order valence-corrected chi connectivity index (χ4v) is 3.51. The highest BCUT2D eigenvalue weighted by Gasteiger charge is 2.38. The summed E-state index contributed by atoms with van der Waals surface area (Å²) < 4.78 is 19.0. The van der Waals surface area contributed by atoms with Crippen LogP contribution in [0.4, 0.5) is 9.18 Å². The molecule has 0 radical (unpaired) electrons. The number of halogens is 1. The van der Waals surface area contributed by atoms with E-state index in [0.717, 1.165) is 31.2 Å². The molecule has 0 bridgehead atoms. The largest absolute Gasteiger partial charge is 0.444 e. The van der Waals surface area contributed by atoms with Crippen molar-refractivity contribution in [3.05, 3.63) is 35.6 Å². The van der Waals surface area contributed by atoms with Gasteiger partial charge in [-0.1, -0.05) is 12.1 Å². The average molecular weight is 376 g/mol. The second-order valence-electron chi connectivity index (χ2n) is 8.59. The number of benzene rings is 1. The Morgan fingerprint density at radius 3 is 2.63 bits per heavy atom. The maximum absolute atomic E-state index is 13.5. The van der Waals surface area contributed by atoms with Crippen molar-refractivity contribution >= 4 is 12.0 Å². The summed E-state index contributed by atoms with van der Waals surface area (Å²) in [6.07, 6.45) is 3.18. The number of likely N-dealkylation sites (tertiary alicyclic amines) is 1. The zero-order valence-corrected chi connectivity index (χ0v) is 16.4. The number of piperidine rings is 1. The number of hydrogen-bond acceptors (Lipinski definition) is 3. The van der Waals surface area contributed by atoms with Crippen molar-refractivity contribution in [3.8, 4) is 0 Å². The number of rotatable bonds is 4. The molecule has 2 aliphatic rings. The first kappa shape index (κ1) is 19.6. The van der Waals surface area contributed by atoms with E-state index in [0.29, 0.717) is 19.6 Å². The van der Waals surface area contributed by atoms with Crippen LogP contribution in [0.25, 0.3) is 0 Å². The van der Waals surface area contributed by atoms with Gasteiger partial charge in [0.2, 0.25) is 5.91 Å². The van der Waals surface area contributed by atoms with Crippen LogP contribution in [0.3, 0.4) is 0 Å². The Morgan fingerprint density at radius 2 is 2.00 bits per heavy atom. The number of hydrogen-bond donors (Lipinski definition) is 0. The first-order valence-electron chi connectivity index (χ1n) is 9.76. The molecule has 0 spiro atoms. The molecular weight excluding hydrogens is 347 g/mol. The minimum atomic E-state index is -0.550. The number of amides is 2. The van der Waals surface area contributed by atoms with Crippen molar-refractivity contribution in [1.82, 2.24) is 9.80 Å². The minimum Gasteiger partial charge on any atom is -0.444 e. The summed E-state index contributed by atoms with van der Waals surface area (Å²) in [7, 11) is 0. The van der Waals surface area contributed by atoms with Crippen molar-refractivity contribution in [1.29, 1.82) is 0 Å². The molecule has 0 aromatic heterocycles. The summed E-state index contributed by atoms with van der Waals surface area (Å²) in [5.41, 5.74) is 0.251. The summed E-state index contributed by atoms with van der Waals surface area (Å²) in [5, 5.41) is 0. The van der Waals surface area contributed by atoms with Crippen molar-refractivity contribution in [3.63, 3.8) is 0 Å². The average Bonchev–Trinajstić information content (AvgIpc) is 3.43. The molecule has 1 saturated heterocycles. The normalized spacial score (nSPS) is 20.3. The minimum absolute atomic E-state index is 0.0648. The van der Waals surface area contributed by atoms with E-state index in [2.05, 4.69) is 0 Å². The fraction of sp³-hybridized carbons (Fsp3) is 0.619. The number of ether oxygens (including phenoxy) is 1. The van der Waals surface area contributed by atoms with Gasteiger partial charge in [0.15, 0.2) is 0 Å². The monoisotopic (exact) mass is 376 g/mol. The SMILES string of the molecule is CC(C)(C)OC(=O)N1CCCC(C(=O)N(Cc2cccc(F)c2)C2CC2)C1. The van der Waals surface area contributed by atoms with Gasteiger partial charge in [0.25, 0.3) is 0 Å². The lowest BCUT2D eigenvalue weighted by Crippen LogP contribution is -2.48. The van der Waals surface area contributed by atoms with Crippen LogP contribution in [-0.2, 0) is 16.1 Å². The Labute approximate surface area is 160 Å². The topological polar surface area (TPSA) is 49.9 Å². The number of carbonyl (C=O) groups is 2. The first-order chi connectivity index (χ1) is 12.7. The maximum atomic E-state index is 13.5. The molecule has 1 atom stereocenters. The molecular formula is C21H29FN2O3. The first-order valence-corrected chi connectivity index (χ1v) is 9.76. The predicted octanol–water partition coefficient (Wildman–Crippen LogP) is 3.96. The van der Waals surface area contributed by atoms with Gasteiger partial charge >= 0.3 is 6.09 Å². The summed E-state index contributed by atoms with van der Waals surface area (Å²) in [5.74, 6) is -0.445. The van der Waals surface area contributed by atoms with Crippen molar-refractivity contribution < 1.29 is 18.7 Å². The van der Waals surface area contributed by atoms with Gasteiger partial charge in [-0.15, -0.1) is 0 Å². The molecule has 3 rings (SSSR count). The van der Waals surface area contributed by atoms with Crippen LogP contribution in [0, 0.1) is 11.7 Å². The maximum Gasteiger partial charge on any atom is 0.410 e. The zero-order chi connectivity index (χ0) is 19.6. The quantitative estimate of drug-likeness (QED) is 0.799. The smallest absolute Gasteiger partial charge is 0.410 e. The van der Waals surface area contributed by atoms with E-state index in [4.69, 9.17) is 4.74 Å². The van der Waals surface area contributed by atoms with E-state index >= 15 is 0 Å². The lowest BCUT2D eigenvalue weighted by atomic mass is 9.96. The van der Waals surface area contributed by atoms with Gasteiger partial charge < -0.3 is 14.5 Å². The summed E-state index contributed by atoms with van der Waals surface area (Å²) in [6, 6.07) is 6.64. The Hall–Kier alpha value is -2.11. The molecule has 2 fully saturated rings. The number of carbonyl (C=O) groups excluding carboxylic acids is 2. The van der Waals surface area contributed by atoms with Gasteiger partial charge in [-0.05, 0) is 64.2 Å². The molecule has 1 aromatic rings. The lowest BCUT2D eigenvalue weighted by Gasteiger charge is -2.36. The molecule has 27 heavy (non-hydrogen) atoms. The third-order valence-corrected chi connectivity index (χ3v) is 4.93. The van der Waals surface area contributed by atoms with Crippen LogP contribution in [0.15, 0.2) is 24.3 Å². The van der Waals surface area contributed by atoms with Crippen molar-refractivity contribution in [2.24, 2.45) is 5.92 Å². The van der Waals surface area contributed by atoms with Crippen LogP contribution in [0.2, 0.25) is 0 Å². The fourth-order valence-electron chi connectivity index (χ4n) is 3.51. The molecule has 1 unspecified atom stereocenters. The van der Waals surface area contributed by atoms with Gasteiger partial charge in [-0.3, -0.25) is 4.79 Å². The highest BCUT2D eigenvalue weighted by Crippen LogP contribution is 2.32. The predicted molar refractivity (Wildman–Crippen MR) is 101 cm³/mol. The van der Waals surface area contributed by atoms with E-state index in [9.17, 15) is 14.0 Å². The Morgan fingerprint density at radius 1 is 1.26 bits per heavy atom. The van der Waals surface area contributed by atoms with Gasteiger partial charge in [-0.2, -0.15) is 0 Å². The molecule has 2 amide bonds. The molecule has 1 aromatic carbocycles. The highest BCUT2D eigenvalue weighted by atomic mass is 19.1. The van der Waals surface area contributed by atoms with E-state index in [1.165, 1.54) is 12.1 Å². The van der Waals surface area contributed by atoms with Gasteiger partial charge in [0, 0.05) is 25.7 Å². The van der Waals surface area contributed by atoms with Crippen LogP contribution in [0.1, 0.15) is 52.0 Å². The van der Waals surface area contributed by atoms with Crippen LogP contribution >= 0.6 is 0 Å². The highest BCUT2D eigenvalue weighted by molar-refractivity contribution is 5.80. The third-order valence-electron chi connectivity index (χ3n) is 4.93. The molecule has 1 heterocycles. The summed E-state index contributed by atoms with van der Waals surface area (Å²) >= 11 is 0. The molecule has 1 aliphatic carbocycles. The molecule has 1 saturated carbocycles. The van der Waals surface area contributed by atoms with Gasteiger partial charge in [0.05, 0.1) is 5.92 Å². The molecule has 1 aliphatic heterocycles. The van der Waals surface area contributed by atoms with Crippen molar-refractivity contribution in [2.75, 3.05) is 13.1 Å².